The third-order valence-corrected chi connectivity index (χ3v) is 2.25. The Kier molecular flexibility index (Phi) is 6.74. The van der Waals surface area contributed by atoms with E-state index in [-0.39, 0.29) is 0 Å². The molecule has 0 aromatic carbocycles. The summed E-state index contributed by atoms with van der Waals surface area (Å²) in [5, 5.41) is 0. The van der Waals surface area contributed by atoms with Gasteiger partial charge in [0.2, 0.25) is 0 Å². The van der Waals surface area contributed by atoms with Crippen LogP contribution in [0.4, 0.5) is 0 Å². The Bertz CT molecular complexity index is 202. The summed E-state index contributed by atoms with van der Waals surface area (Å²) in [6.45, 7) is 0. The van der Waals surface area contributed by atoms with Gasteiger partial charge in [0.15, 0.2) is 0 Å². The number of hydrogen-bond acceptors (Lipinski definition) is 0. The molecule has 76 valence electrons. The molecule has 0 saturated carbocycles. The van der Waals surface area contributed by atoms with E-state index >= 15 is 0 Å². The fourth-order valence-electron chi connectivity index (χ4n) is 1.42. The van der Waals surface area contributed by atoms with Gasteiger partial charge in [-0.3, -0.25) is 0 Å². The van der Waals surface area contributed by atoms with Crippen molar-refractivity contribution in [2.45, 2.75) is 38.5 Å². The number of hydrogen-bond donors (Lipinski definition) is 0. The molecule has 0 aliphatic heterocycles. The fourth-order valence-corrected chi connectivity index (χ4v) is 1.42. The van der Waals surface area contributed by atoms with E-state index in [9.17, 15) is 0 Å². The van der Waals surface area contributed by atoms with Gasteiger partial charge in [-0.1, -0.05) is 48.6 Å². The predicted octanol–water partition coefficient (Wildman–Crippen LogP) is 4.57. The number of allylic oxidation sites excluding steroid dienone is 8. The molecule has 0 fully saturated rings. The lowest BCUT2D eigenvalue weighted by Gasteiger charge is -1.93. The monoisotopic (exact) mass is 188 g/mol. The van der Waals surface area contributed by atoms with E-state index in [1.807, 2.05) is 0 Å². The summed E-state index contributed by atoms with van der Waals surface area (Å²) in [6, 6.07) is 0. The highest BCUT2D eigenvalue weighted by Crippen LogP contribution is 2.03. The molecule has 0 bridgehead atoms. The van der Waals surface area contributed by atoms with Crippen molar-refractivity contribution < 1.29 is 0 Å². The minimum atomic E-state index is 1.07. The first-order chi connectivity index (χ1) is 7.00. The molecule has 1 aliphatic carbocycles. The Morgan fingerprint density at radius 2 is 1.00 bits per heavy atom. The molecule has 0 spiro atoms. The fraction of sp³-hybridized carbons (Fsp3) is 0.429. The lowest BCUT2D eigenvalue weighted by atomic mass is 10.1. The zero-order chi connectivity index (χ0) is 9.90. The van der Waals surface area contributed by atoms with Gasteiger partial charge in [-0.15, -0.1) is 0 Å². The van der Waals surface area contributed by atoms with E-state index in [1.54, 1.807) is 0 Å². The largest absolute Gasteiger partial charge is 0.0882 e. The molecule has 0 heterocycles. The Balaban J connectivity index is 2.35. The second-order valence-electron chi connectivity index (χ2n) is 3.55. The Morgan fingerprint density at radius 3 is 1.50 bits per heavy atom. The van der Waals surface area contributed by atoms with Crippen molar-refractivity contribution in [1.29, 1.82) is 0 Å². The second-order valence-corrected chi connectivity index (χ2v) is 3.55. The summed E-state index contributed by atoms with van der Waals surface area (Å²) in [6.07, 6.45) is 25.0. The van der Waals surface area contributed by atoms with Crippen LogP contribution in [0.2, 0.25) is 0 Å². The lowest BCUT2D eigenvalue weighted by molar-refractivity contribution is 0.760. The topological polar surface area (TPSA) is 0 Å². The smallest absolute Gasteiger partial charge is 0.0166 e. The van der Waals surface area contributed by atoms with Crippen LogP contribution in [0.1, 0.15) is 38.5 Å². The summed E-state index contributed by atoms with van der Waals surface area (Å²) < 4.78 is 0. The summed E-state index contributed by atoms with van der Waals surface area (Å²) in [4.78, 5) is 0. The molecule has 0 nitrogen and oxygen atoms in total. The van der Waals surface area contributed by atoms with E-state index in [2.05, 4.69) is 48.6 Å². The van der Waals surface area contributed by atoms with Crippen LogP contribution in [0.3, 0.4) is 0 Å². The van der Waals surface area contributed by atoms with Crippen LogP contribution in [0.25, 0.3) is 0 Å². The van der Waals surface area contributed by atoms with Gasteiger partial charge < -0.3 is 0 Å². The van der Waals surface area contributed by atoms with Crippen LogP contribution in [-0.2, 0) is 0 Å². The third kappa shape index (κ3) is 6.47. The van der Waals surface area contributed by atoms with Crippen molar-refractivity contribution >= 4 is 0 Å². The lowest BCUT2D eigenvalue weighted by Crippen LogP contribution is -1.73. The first-order valence-electron chi connectivity index (χ1n) is 5.62. The van der Waals surface area contributed by atoms with Gasteiger partial charge in [0, 0.05) is 0 Å². The molecule has 0 heteroatoms. The van der Waals surface area contributed by atoms with E-state index in [4.69, 9.17) is 0 Å². The molecular formula is C14H20. The van der Waals surface area contributed by atoms with Crippen molar-refractivity contribution in [1.82, 2.24) is 0 Å². The van der Waals surface area contributed by atoms with Crippen molar-refractivity contribution in [2.24, 2.45) is 0 Å². The Labute approximate surface area is 87.7 Å². The van der Waals surface area contributed by atoms with E-state index in [0.717, 1.165) is 12.8 Å². The highest BCUT2D eigenvalue weighted by Gasteiger charge is 1.83. The molecule has 0 aromatic heterocycles. The molecule has 0 saturated heterocycles. The minimum absolute atomic E-state index is 1.07. The van der Waals surface area contributed by atoms with Gasteiger partial charge in [-0.2, -0.15) is 0 Å². The van der Waals surface area contributed by atoms with Gasteiger partial charge in [0.1, 0.15) is 0 Å². The van der Waals surface area contributed by atoms with Crippen molar-refractivity contribution in [2.75, 3.05) is 0 Å². The van der Waals surface area contributed by atoms with Gasteiger partial charge in [0.25, 0.3) is 0 Å². The van der Waals surface area contributed by atoms with Crippen molar-refractivity contribution in [3.63, 3.8) is 0 Å². The molecule has 0 atom stereocenters. The first-order valence-corrected chi connectivity index (χ1v) is 5.62. The summed E-state index contributed by atoms with van der Waals surface area (Å²) in [7, 11) is 0. The summed E-state index contributed by atoms with van der Waals surface area (Å²) >= 11 is 0. The Hall–Kier alpha value is -1.04. The summed E-state index contributed by atoms with van der Waals surface area (Å²) in [5.41, 5.74) is 0. The quantitative estimate of drug-likeness (QED) is 0.489. The van der Waals surface area contributed by atoms with Gasteiger partial charge in [0.05, 0.1) is 0 Å². The van der Waals surface area contributed by atoms with Crippen LogP contribution in [0, 0.1) is 0 Å². The molecule has 1 rings (SSSR count). The SMILES string of the molecule is C1=C\C/C=C\CCCC/C=C/C/C=C/1. The maximum Gasteiger partial charge on any atom is -0.0166 e. The molecule has 1 aliphatic rings. The van der Waals surface area contributed by atoms with Crippen LogP contribution in [0.15, 0.2) is 48.6 Å². The molecular weight excluding hydrogens is 168 g/mol. The average molecular weight is 188 g/mol. The van der Waals surface area contributed by atoms with E-state index < -0.39 is 0 Å². The second kappa shape index (κ2) is 8.55. The standard InChI is InChI=1S/C14H20/c1-2-4-6-8-10-12-14-13-11-9-7-5-3-1/h1-4,7-10H,5-6,11-14H2/b3-1-,4-2+,9-7-,10-8+. The normalized spacial score (nSPS) is 28.6. The highest BCUT2D eigenvalue weighted by molar-refractivity contribution is 5.06. The summed E-state index contributed by atoms with van der Waals surface area (Å²) in [5.74, 6) is 0. The van der Waals surface area contributed by atoms with Crippen LogP contribution < -0.4 is 0 Å². The van der Waals surface area contributed by atoms with Crippen molar-refractivity contribution in [3.05, 3.63) is 48.6 Å². The van der Waals surface area contributed by atoms with Gasteiger partial charge in [-0.05, 0) is 38.5 Å². The predicted molar refractivity (Wildman–Crippen MR) is 64.3 cm³/mol. The molecule has 14 heavy (non-hydrogen) atoms. The zero-order valence-corrected chi connectivity index (χ0v) is 8.86. The molecule has 0 unspecified atom stereocenters. The molecule has 0 aromatic rings. The highest BCUT2D eigenvalue weighted by atomic mass is 13.9. The third-order valence-electron chi connectivity index (χ3n) is 2.25. The first kappa shape index (κ1) is 11.0. The van der Waals surface area contributed by atoms with E-state index in [0.29, 0.717) is 0 Å². The minimum Gasteiger partial charge on any atom is -0.0882 e. The molecule has 0 radical (unpaired) electrons. The van der Waals surface area contributed by atoms with E-state index in [1.165, 1.54) is 25.7 Å². The number of rotatable bonds is 0. The maximum atomic E-state index is 2.30. The zero-order valence-electron chi connectivity index (χ0n) is 8.86. The molecule has 0 N–H and O–H groups in total. The van der Waals surface area contributed by atoms with Crippen LogP contribution in [0.5, 0.6) is 0 Å². The van der Waals surface area contributed by atoms with Crippen molar-refractivity contribution in [3.8, 4) is 0 Å². The van der Waals surface area contributed by atoms with Gasteiger partial charge >= 0.3 is 0 Å². The van der Waals surface area contributed by atoms with Crippen LogP contribution >= 0.6 is 0 Å². The van der Waals surface area contributed by atoms with Crippen LogP contribution in [-0.4, -0.2) is 0 Å². The molecule has 0 amide bonds. The average Bonchev–Trinajstić information content (AvgIpc) is 2.22. The Morgan fingerprint density at radius 1 is 0.500 bits per heavy atom. The maximum absolute atomic E-state index is 2.30. The van der Waals surface area contributed by atoms with Gasteiger partial charge in [-0.25, -0.2) is 0 Å².